The van der Waals surface area contributed by atoms with Gasteiger partial charge in [-0.2, -0.15) is 5.10 Å². The first-order valence-electron chi connectivity index (χ1n) is 10.9. The van der Waals surface area contributed by atoms with Crippen LogP contribution >= 0.6 is 0 Å². The van der Waals surface area contributed by atoms with Crippen molar-refractivity contribution < 1.29 is 9.21 Å². The first kappa shape index (κ1) is 20.7. The van der Waals surface area contributed by atoms with Crippen molar-refractivity contribution in [2.45, 2.75) is 13.0 Å². The number of carbonyl (C=O) groups is 1. The summed E-state index contributed by atoms with van der Waals surface area (Å²) in [5.74, 6) is 1.23. The molecule has 1 atom stereocenters. The molecule has 0 bridgehead atoms. The number of rotatable bonds is 7. The van der Waals surface area contributed by atoms with E-state index in [1.165, 1.54) is 0 Å². The number of furan rings is 1. The average molecular weight is 437 g/mol. The molecule has 0 aliphatic heterocycles. The van der Waals surface area contributed by atoms with E-state index in [4.69, 9.17) is 4.42 Å². The molecule has 3 aromatic carbocycles. The van der Waals surface area contributed by atoms with E-state index in [9.17, 15) is 4.79 Å². The minimum atomic E-state index is -0.259. The highest BCUT2D eigenvalue weighted by Gasteiger charge is 2.20. The van der Waals surface area contributed by atoms with Crippen LogP contribution in [0.4, 0.5) is 5.82 Å². The van der Waals surface area contributed by atoms with E-state index in [0.717, 1.165) is 33.7 Å². The van der Waals surface area contributed by atoms with Crippen molar-refractivity contribution in [1.29, 1.82) is 0 Å². The second-order valence-corrected chi connectivity index (χ2v) is 7.88. The normalized spacial score (nSPS) is 12.0. The van der Waals surface area contributed by atoms with E-state index < -0.39 is 0 Å². The third-order valence-corrected chi connectivity index (χ3v) is 5.43. The first-order valence-corrected chi connectivity index (χ1v) is 10.9. The Balaban J connectivity index is 1.36. The van der Waals surface area contributed by atoms with E-state index in [-0.39, 0.29) is 18.5 Å². The van der Waals surface area contributed by atoms with Crippen LogP contribution in [-0.4, -0.2) is 22.2 Å². The van der Waals surface area contributed by atoms with Crippen molar-refractivity contribution in [3.8, 4) is 5.69 Å². The Morgan fingerprint density at radius 2 is 1.64 bits per heavy atom. The van der Waals surface area contributed by atoms with Gasteiger partial charge in [0.15, 0.2) is 0 Å². The van der Waals surface area contributed by atoms with Gasteiger partial charge in [0, 0.05) is 11.5 Å². The third kappa shape index (κ3) is 4.56. The number of nitrogens with zero attached hydrogens (tertiary/aromatic N) is 2. The van der Waals surface area contributed by atoms with Crippen molar-refractivity contribution in [2.75, 3.05) is 11.9 Å². The van der Waals surface area contributed by atoms with E-state index in [0.29, 0.717) is 5.82 Å². The Bertz CT molecular complexity index is 1340. The van der Waals surface area contributed by atoms with Crippen molar-refractivity contribution >= 4 is 22.7 Å². The molecule has 0 radical (unpaired) electrons. The summed E-state index contributed by atoms with van der Waals surface area (Å²) >= 11 is 0. The minimum absolute atomic E-state index is 0.107. The standard InChI is InChI=1S/C27H24N4O2/c1-19-16-25(31(30-19)22-13-6-3-7-14-22)29-26(32)18-28-27(20-10-4-2-5-11-20)24-17-21-12-8-9-15-23(21)33-24/h2-17,27-28H,18H2,1H3,(H,29,32)/t27-/m1/s1. The van der Waals surface area contributed by atoms with Crippen LogP contribution in [0.15, 0.2) is 101 Å². The Labute approximate surface area is 191 Å². The van der Waals surface area contributed by atoms with Crippen LogP contribution in [0.5, 0.6) is 0 Å². The van der Waals surface area contributed by atoms with E-state index in [1.54, 1.807) is 4.68 Å². The van der Waals surface area contributed by atoms with Crippen molar-refractivity contribution in [1.82, 2.24) is 15.1 Å². The summed E-state index contributed by atoms with van der Waals surface area (Å²) in [5.41, 5.74) is 3.56. The van der Waals surface area contributed by atoms with Gasteiger partial charge in [-0.15, -0.1) is 0 Å². The zero-order chi connectivity index (χ0) is 22.6. The van der Waals surface area contributed by atoms with Crippen molar-refractivity contribution in [2.24, 2.45) is 0 Å². The second kappa shape index (κ2) is 9.14. The number of carbonyl (C=O) groups excluding carboxylic acids is 1. The Morgan fingerprint density at radius 3 is 2.39 bits per heavy atom. The monoisotopic (exact) mass is 436 g/mol. The Morgan fingerprint density at radius 1 is 0.939 bits per heavy atom. The van der Waals surface area contributed by atoms with E-state index in [1.807, 2.05) is 104 Å². The van der Waals surface area contributed by atoms with Crippen LogP contribution < -0.4 is 10.6 Å². The summed E-state index contributed by atoms with van der Waals surface area (Å²) in [7, 11) is 0. The fraction of sp³-hybridized carbons (Fsp3) is 0.111. The van der Waals surface area contributed by atoms with E-state index in [2.05, 4.69) is 15.7 Å². The molecular weight excluding hydrogens is 412 g/mol. The number of aryl methyl sites for hydroxylation is 1. The van der Waals surface area contributed by atoms with Crippen LogP contribution in [0.1, 0.15) is 23.1 Å². The van der Waals surface area contributed by atoms with Gasteiger partial charge in [0.05, 0.1) is 24.0 Å². The zero-order valence-corrected chi connectivity index (χ0v) is 18.2. The minimum Gasteiger partial charge on any atom is -0.459 e. The summed E-state index contributed by atoms with van der Waals surface area (Å²) in [4.78, 5) is 12.9. The van der Waals surface area contributed by atoms with Gasteiger partial charge in [-0.05, 0) is 36.8 Å². The number of anilines is 1. The first-order chi connectivity index (χ1) is 16.2. The molecule has 6 nitrogen and oxygen atoms in total. The lowest BCUT2D eigenvalue weighted by molar-refractivity contribution is -0.115. The van der Waals surface area contributed by atoms with Crippen LogP contribution in [0.3, 0.4) is 0 Å². The predicted octanol–water partition coefficient (Wildman–Crippen LogP) is 5.24. The van der Waals surface area contributed by atoms with Gasteiger partial charge in [-0.25, -0.2) is 4.68 Å². The molecule has 0 saturated carbocycles. The maximum Gasteiger partial charge on any atom is 0.239 e. The number of amides is 1. The molecule has 2 heterocycles. The lowest BCUT2D eigenvalue weighted by Gasteiger charge is -2.17. The highest BCUT2D eigenvalue weighted by Crippen LogP contribution is 2.28. The molecule has 164 valence electrons. The van der Waals surface area contributed by atoms with Gasteiger partial charge in [0.2, 0.25) is 5.91 Å². The number of hydrogen-bond acceptors (Lipinski definition) is 4. The fourth-order valence-corrected chi connectivity index (χ4v) is 3.91. The number of nitrogens with one attached hydrogen (secondary N) is 2. The summed E-state index contributed by atoms with van der Waals surface area (Å²) in [5, 5.41) is 11.9. The molecule has 2 aromatic heterocycles. The quantitative estimate of drug-likeness (QED) is 0.366. The highest BCUT2D eigenvalue weighted by atomic mass is 16.3. The lowest BCUT2D eigenvalue weighted by Crippen LogP contribution is -2.32. The molecule has 0 unspecified atom stereocenters. The average Bonchev–Trinajstić information content (AvgIpc) is 3.43. The van der Waals surface area contributed by atoms with Gasteiger partial charge in [-0.3, -0.25) is 10.1 Å². The smallest absolute Gasteiger partial charge is 0.239 e. The predicted molar refractivity (Wildman–Crippen MR) is 129 cm³/mol. The van der Waals surface area contributed by atoms with Crippen LogP contribution in [-0.2, 0) is 4.79 Å². The number of hydrogen-bond donors (Lipinski definition) is 2. The molecule has 5 rings (SSSR count). The summed E-state index contributed by atoms with van der Waals surface area (Å²) in [6, 6.07) is 31.2. The number of para-hydroxylation sites is 2. The summed E-state index contributed by atoms with van der Waals surface area (Å²) in [6.45, 7) is 2.01. The molecule has 0 fully saturated rings. The zero-order valence-electron chi connectivity index (χ0n) is 18.2. The van der Waals surface area contributed by atoms with Gasteiger partial charge in [0.1, 0.15) is 17.2 Å². The maximum absolute atomic E-state index is 12.9. The summed E-state index contributed by atoms with van der Waals surface area (Å²) in [6.07, 6.45) is 0. The Hall–Kier alpha value is -4.16. The highest BCUT2D eigenvalue weighted by molar-refractivity contribution is 5.92. The topological polar surface area (TPSA) is 72.1 Å². The number of fused-ring (bicyclic) bond motifs is 1. The molecule has 33 heavy (non-hydrogen) atoms. The van der Waals surface area contributed by atoms with Gasteiger partial charge >= 0.3 is 0 Å². The van der Waals surface area contributed by atoms with Crippen molar-refractivity contribution in [3.05, 3.63) is 114 Å². The lowest BCUT2D eigenvalue weighted by atomic mass is 10.0. The molecule has 2 N–H and O–H groups in total. The van der Waals surface area contributed by atoms with Crippen molar-refractivity contribution in [3.63, 3.8) is 0 Å². The second-order valence-electron chi connectivity index (χ2n) is 7.88. The fourth-order valence-electron chi connectivity index (χ4n) is 3.91. The van der Waals surface area contributed by atoms with Gasteiger partial charge < -0.3 is 9.73 Å². The van der Waals surface area contributed by atoms with Crippen LogP contribution in [0, 0.1) is 6.92 Å². The number of benzene rings is 3. The molecule has 0 saturated heterocycles. The van der Waals surface area contributed by atoms with Crippen LogP contribution in [0.25, 0.3) is 16.7 Å². The summed E-state index contributed by atoms with van der Waals surface area (Å²) < 4.78 is 7.84. The SMILES string of the molecule is Cc1cc(NC(=O)CN[C@H](c2ccccc2)c2cc3ccccc3o2)n(-c2ccccc2)n1. The molecule has 0 spiro atoms. The van der Waals surface area contributed by atoms with Crippen LogP contribution in [0.2, 0.25) is 0 Å². The van der Waals surface area contributed by atoms with E-state index >= 15 is 0 Å². The van der Waals surface area contributed by atoms with Gasteiger partial charge in [-0.1, -0.05) is 66.7 Å². The Kier molecular flexibility index (Phi) is 5.74. The van der Waals surface area contributed by atoms with Gasteiger partial charge in [0.25, 0.3) is 0 Å². The number of aromatic nitrogens is 2. The largest absolute Gasteiger partial charge is 0.459 e. The molecule has 6 heteroatoms. The molecule has 0 aliphatic carbocycles. The molecule has 5 aromatic rings. The molecule has 0 aliphatic rings. The maximum atomic E-state index is 12.9. The third-order valence-electron chi connectivity index (χ3n) is 5.43. The molecular formula is C27H24N4O2. The molecule has 1 amide bonds.